The number of urea groups is 1. The summed E-state index contributed by atoms with van der Waals surface area (Å²) >= 11 is 1.82. The summed E-state index contributed by atoms with van der Waals surface area (Å²) in [5.74, 6) is 1.87. The molecule has 0 aliphatic heterocycles. The van der Waals surface area contributed by atoms with Crippen LogP contribution in [-0.2, 0) is 19.3 Å². The maximum Gasteiger partial charge on any atom is 0.315 e. The highest BCUT2D eigenvalue weighted by molar-refractivity contribution is 7.98. The van der Waals surface area contributed by atoms with Gasteiger partial charge in [-0.15, -0.1) is 0 Å². The number of benzene rings is 1. The highest BCUT2D eigenvalue weighted by atomic mass is 32.2. The van der Waals surface area contributed by atoms with Gasteiger partial charge in [-0.1, -0.05) is 29.8 Å². The van der Waals surface area contributed by atoms with Gasteiger partial charge < -0.3 is 10.6 Å². The van der Waals surface area contributed by atoms with E-state index < -0.39 is 0 Å². The summed E-state index contributed by atoms with van der Waals surface area (Å²) in [5, 5.41) is 9.97. The molecule has 0 radical (unpaired) electrons. The topological polar surface area (TPSA) is 59.0 Å². The molecule has 1 heterocycles. The normalized spacial score (nSPS) is 10.6. The Hall–Kier alpha value is -1.95. The van der Waals surface area contributed by atoms with Gasteiger partial charge in [0.2, 0.25) is 0 Å². The summed E-state index contributed by atoms with van der Waals surface area (Å²) < 4.78 is 1.78. The Morgan fingerprint density at radius 2 is 1.96 bits per heavy atom. The lowest BCUT2D eigenvalue weighted by molar-refractivity contribution is 0.241. The zero-order valence-electron chi connectivity index (χ0n) is 13.9. The second-order valence-corrected chi connectivity index (χ2v) is 6.65. The molecule has 2 rings (SSSR count). The molecule has 0 aliphatic carbocycles. The molecule has 0 unspecified atom stereocenters. The van der Waals surface area contributed by atoms with Crippen molar-refractivity contribution in [2.24, 2.45) is 7.05 Å². The van der Waals surface area contributed by atoms with Gasteiger partial charge in [-0.3, -0.25) is 4.68 Å². The van der Waals surface area contributed by atoms with Crippen LogP contribution in [0, 0.1) is 13.8 Å². The largest absolute Gasteiger partial charge is 0.337 e. The third-order valence-electron chi connectivity index (χ3n) is 3.45. The summed E-state index contributed by atoms with van der Waals surface area (Å²) in [7, 11) is 1.88. The van der Waals surface area contributed by atoms with Crippen LogP contribution < -0.4 is 10.6 Å². The first kappa shape index (κ1) is 17.4. The number of nitrogens with one attached hydrogen (secondary N) is 2. The fourth-order valence-electron chi connectivity index (χ4n) is 2.17. The van der Waals surface area contributed by atoms with Crippen LogP contribution in [0.25, 0.3) is 0 Å². The third-order valence-corrected chi connectivity index (χ3v) is 4.48. The molecule has 1 aromatic carbocycles. The molecule has 0 saturated heterocycles. The lowest BCUT2D eigenvalue weighted by atomic mass is 10.2. The molecular formula is C17H24N4OS. The number of amides is 2. The summed E-state index contributed by atoms with van der Waals surface area (Å²) in [6, 6.07) is 10.4. The summed E-state index contributed by atoms with van der Waals surface area (Å²) in [6.07, 6.45) is 0. The van der Waals surface area contributed by atoms with Gasteiger partial charge in [0.15, 0.2) is 0 Å². The van der Waals surface area contributed by atoms with Crippen molar-refractivity contribution in [3.63, 3.8) is 0 Å². The van der Waals surface area contributed by atoms with E-state index in [4.69, 9.17) is 0 Å². The van der Waals surface area contributed by atoms with E-state index in [1.807, 2.05) is 31.8 Å². The molecule has 5 nitrogen and oxygen atoms in total. The second-order valence-electron chi connectivity index (χ2n) is 5.55. The molecule has 0 saturated carbocycles. The first-order valence-electron chi connectivity index (χ1n) is 7.69. The zero-order chi connectivity index (χ0) is 16.7. The number of rotatable bonds is 7. The maximum absolute atomic E-state index is 11.7. The van der Waals surface area contributed by atoms with E-state index in [0.29, 0.717) is 13.1 Å². The van der Waals surface area contributed by atoms with Crippen LogP contribution in [0.3, 0.4) is 0 Å². The van der Waals surface area contributed by atoms with Gasteiger partial charge in [0.1, 0.15) is 0 Å². The van der Waals surface area contributed by atoms with Crippen molar-refractivity contribution in [3.8, 4) is 0 Å². The smallest absolute Gasteiger partial charge is 0.315 e. The number of nitrogens with zero attached hydrogens (tertiary/aromatic N) is 2. The van der Waals surface area contributed by atoms with Crippen molar-refractivity contribution < 1.29 is 4.79 Å². The molecule has 0 aliphatic rings. The van der Waals surface area contributed by atoms with Crippen LogP contribution in [0.2, 0.25) is 0 Å². The zero-order valence-corrected chi connectivity index (χ0v) is 14.7. The minimum atomic E-state index is -0.139. The quantitative estimate of drug-likeness (QED) is 0.767. The number of aromatic nitrogens is 2. The average molecular weight is 332 g/mol. The van der Waals surface area contributed by atoms with E-state index in [-0.39, 0.29) is 6.03 Å². The molecule has 1 aromatic heterocycles. The number of thioether (sulfide) groups is 1. The standard InChI is InChI=1S/C17H24N4OS/c1-13-4-6-15(7-5-13)12-23-9-8-18-17(22)19-11-16-10-14(2)20-21(16)3/h4-7,10H,8-9,11-12H2,1-3H3,(H2,18,19,22). The van der Waals surface area contributed by atoms with Crippen LogP contribution in [0.5, 0.6) is 0 Å². The Labute approximate surface area is 141 Å². The molecule has 2 amide bonds. The predicted octanol–water partition coefficient (Wildman–Crippen LogP) is 2.77. The molecule has 6 heteroatoms. The van der Waals surface area contributed by atoms with Crippen molar-refractivity contribution in [1.82, 2.24) is 20.4 Å². The van der Waals surface area contributed by atoms with Crippen LogP contribution in [0.4, 0.5) is 4.79 Å². The molecule has 0 bridgehead atoms. The summed E-state index contributed by atoms with van der Waals surface area (Å²) in [4.78, 5) is 11.7. The fraction of sp³-hybridized carbons (Fsp3) is 0.412. The first-order valence-corrected chi connectivity index (χ1v) is 8.84. The van der Waals surface area contributed by atoms with Gasteiger partial charge in [-0.2, -0.15) is 16.9 Å². The highest BCUT2D eigenvalue weighted by Gasteiger charge is 2.04. The van der Waals surface area contributed by atoms with E-state index >= 15 is 0 Å². The van der Waals surface area contributed by atoms with Crippen molar-refractivity contribution >= 4 is 17.8 Å². The van der Waals surface area contributed by atoms with E-state index in [9.17, 15) is 4.79 Å². The Balaban J connectivity index is 1.58. The van der Waals surface area contributed by atoms with E-state index in [1.54, 1.807) is 4.68 Å². The van der Waals surface area contributed by atoms with E-state index in [1.165, 1.54) is 11.1 Å². The Bertz CT molecular complexity index is 637. The molecule has 0 fully saturated rings. The van der Waals surface area contributed by atoms with Gasteiger partial charge in [-0.05, 0) is 25.5 Å². The Morgan fingerprint density at radius 1 is 1.22 bits per heavy atom. The van der Waals surface area contributed by atoms with Crippen LogP contribution in [-0.4, -0.2) is 28.1 Å². The highest BCUT2D eigenvalue weighted by Crippen LogP contribution is 2.12. The van der Waals surface area contributed by atoms with Gasteiger partial charge in [0.05, 0.1) is 17.9 Å². The Morgan fingerprint density at radius 3 is 2.61 bits per heavy atom. The third kappa shape index (κ3) is 5.98. The maximum atomic E-state index is 11.7. The number of carbonyl (C=O) groups excluding carboxylic acids is 1. The molecule has 0 atom stereocenters. The number of hydrogen-bond donors (Lipinski definition) is 2. The van der Waals surface area contributed by atoms with Crippen molar-refractivity contribution in [2.75, 3.05) is 12.3 Å². The van der Waals surface area contributed by atoms with Gasteiger partial charge in [0.25, 0.3) is 0 Å². The molecule has 124 valence electrons. The molecule has 2 N–H and O–H groups in total. The minimum absolute atomic E-state index is 0.139. The fourth-order valence-corrected chi connectivity index (χ4v) is 2.99. The molecular weight excluding hydrogens is 308 g/mol. The predicted molar refractivity (Wildman–Crippen MR) is 95.5 cm³/mol. The summed E-state index contributed by atoms with van der Waals surface area (Å²) in [5.41, 5.74) is 4.54. The second kappa shape index (κ2) is 8.62. The minimum Gasteiger partial charge on any atom is -0.337 e. The number of aryl methyl sites for hydroxylation is 3. The van der Waals surface area contributed by atoms with Gasteiger partial charge in [-0.25, -0.2) is 4.79 Å². The van der Waals surface area contributed by atoms with Crippen molar-refractivity contribution in [1.29, 1.82) is 0 Å². The van der Waals surface area contributed by atoms with Crippen molar-refractivity contribution in [2.45, 2.75) is 26.1 Å². The molecule has 23 heavy (non-hydrogen) atoms. The number of hydrogen-bond acceptors (Lipinski definition) is 3. The van der Waals surface area contributed by atoms with Gasteiger partial charge >= 0.3 is 6.03 Å². The first-order chi connectivity index (χ1) is 11.0. The van der Waals surface area contributed by atoms with E-state index in [2.05, 4.69) is 46.9 Å². The monoisotopic (exact) mass is 332 g/mol. The van der Waals surface area contributed by atoms with E-state index in [0.717, 1.165) is 22.9 Å². The SMILES string of the molecule is Cc1ccc(CSCCNC(=O)NCc2cc(C)nn2C)cc1. The number of carbonyl (C=O) groups is 1. The lowest BCUT2D eigenvalue weighted by Crippen LogP contribution is -2.36. The van der Waals surface area contributed by atoms with Crippen LogP contribution in [0.1, 0.15) is 22.5 Å². The van der Waals surface area contributed by atoms with Crippen molar-refractivity contribution in [3.05, 3.63) is 52.8 Å². The lowest BCUT2D eigenvalue weighted by Gasteiger charge is -2.08. The Kier molecular flexibility index (Phi) is 6.52. The summed E-state index contributed by atoms with van der Waals surface area (Å²) in [6.45, 7) is 5.17. The van der Waals surface area contributed by atoms with Crippen LogP contribution in [0.15, 0.2) is 30.3 Å². The molecule has 0 spiro atoms. The van der Waals surface area contributed by atoms with Crippen LogP contribution >= 0.6 is 11.8 Å². The average Bonchev–Trinajstić information content (AvgIpc) is 2.84. The molecule has 2 aromatic rings. The van der Waals surface area contributed by atoms with Gasteiger partial charge in [0, 0.05) is 25.1 Å².